The standard InChI is InChI=1S/C15H19NOSi/c1-18(2,3)9-7-15(17)11-14-10-13(6-8-16-14)12-4-5-12/h6,8,10,12H,4-5,11H2,1-3H3. The fourth-order valence-electron chi connectivity index (χ4n) is 1.73. The van der Waals surface area contributed by atoms with Crippen molar-refractivity contribution in [1.82, 2.24) is 4.98 Å². The number of carbonyl (C=O) groups is 1. The van der Waals surface area contributed by atoms with Crippen LogP contribution in [-0.2, 0) is 11.2 Å². The van der Waals surface area contributed by atoms with E-state index in [2.05, 4.69) is 48.2 Å². The van der Waals surface area contributed by atoms with Crippen LogP contribution in [0.15, 0.2) is 18.3 Å². The molecular weight excluding hydrogens is 238 g/mol. The molecule has 0 atom stereocenters. The van der Waals surface area contributed by atoms with E-state index >= 15 is 0 Å². The van der Waals surface area contributed by atoms with Gasteiger partial charge in [-0.15, -0.1) is 5.54 Å². The maximum absolute atomic E-state index is 11.8. The summed E-state index contributed by atoms with van der Waals surface area (Å²) < 4.78 is 0. The number of nitrogens with zero attached hydrogens (tertiary/aromatic N) is 1. The molecule has 0 amide bonds. The number of ketones is 1. The van der Waals surface area contributed by atoms with Crippen molar-refractivity contribution >= 4 is 13.9 Å². The van der Waals surface area contributed by atoms with Crippen LogP contribution in [0.2, 0.25) is 19.6 Å². The van der Waals surface area contributed by atoms with Crippen molar-refractivity contribution in [3.8, 4) is 11.5 Å². The first-order valence-corrected chi connectivity index (χ1v) is 9.95. The first kappa shape index (κ1) is 13.0. The van der Waals surface area contributed by atoms with Crippen molar-refractivity contribution in [2.24, 2.45) is 0 Å². The van der Waals surface area contributed by atoms with E-state index in [1.54, 1.807) is 0 Å². The van der Waals surface area contributed by atoms with Crippen LogP contribution in [0.25, 0.3) is 0 Å². The Morgan fingerprint density at radius 2 is 2.17 bits per heavy atom. The Bertz CT molecular complexity index is 515. The summed E-state index contributed by atoms with van der Waals surface area (Å²) in [4.78, 5) is 16.0. The van der Waals surface area contributed by atoms with E-state index in [0.717, 1.165) is 5.69 Å². The van der Waals surface area contributed by atoms with Crippen molar-refractivity contribution in [1.29, 1.82) is 0 Å². The van der Waals surface area contributed by atoms with Gasteiger partial charge in [0.05, 0.1) is 6.42 Å². The number of Topliss-reactive ketones (excluding diaryl/α,β-unsaturated/α-hetero) is 1. The highest BCUT2D eigenvalue weighted by atomic mass is 28.3. The molecule has 1 aromatic rings. The van der Waals surface area contributed by atoms with E-state index in [1.807, 2.05) is 6.20 Å². The van der Waals surface area contributed by atoms with Crippen LogP contribution in [0.3, 0.4) is 0 Å². The van der Waals surface area contributed by atoms with Crippen molar-refractivity contribution in [2.75, 3.05) is 0 Å². The minimum absolute atomic E-state index is 0.0159. The van der Waals surface area contributed by atoms with Crippen molar-refractivity contribution < 1.29 is 4.79 Å². The lowest BCUT2D eigenvalue weighted by molar-refractivity contribution is -0.113. The molecule has 0 spiro atoms. The third-order valence-corrected chi connectivity index (χ3v) is 3.68. The molecule has 0 aliphatic heterocycles. The van der Waals surface area contributed by atoms with Gasteiger partial charge in [0.25, 0.3) is 0 Å². The van der Waals surface area contributed by atoms with E-state index in [1.165, 1.54) is 18.4 Å². The van der Waals surface area contributed by atoms with Crippen LogP contribution in [0.5, 0.6) is 0 Å². The highest BCUT2D eigenvalue weighted by Gasteiger charge is 2.23. The molecule has 2 rings (SSSR count). The largest absolute Gasteiger partial charge is 0.284 e. The fourth-order valence-corrected chi connectivity index (χ4v) is 2.24. The molecule has 94 valence electrons. The van der Waals surface area contributed by atoms with Gasteiger partial charge in [-0.3, -0.25) is 9.78 Å². The minimum atomic E-state index is -1.46. The van der Waals surface area contributed by atoms with Crippen molar-refractivity contribution in [3.05, 3.63) is 29.6 Å². The van der Waals surface area contributed by atoms with Gasteiger partial charge in [0.2, 0.25) is 5.78 Å². The maximum Gasteiger partial charge on any atom is 0.210 e. The van der Waals surface area contributed by atoms with Gasteiger partial charge in [-0.2, -0.15) is 0 Å². The summed E-state index contributed by atoms with van der Waals surface area (Å²) in [5.74, 6) is 3.46. The molecule has 1 aliphatic carbocycles. The Morgan fingerprint density at radius 3 is 2.78 bits per heavy atom. The van der Waals surface area contributed by atoms with Gasteiger partial charge in [0.15, 0.2) is 0 Å². The Kier molecular flexibility index (Phi) is 3.67. The van der Waals surface area contributed by atoms with Gasteiger partial charge >= 0.3 is 0 Å². The highest BCUT2D eigenvalue weighted by molar-refractivity contribution is 6.84. The van der Waals surface area contributed by atoms with Crippen LogP contribution < -0.4 is 0 Å². The highest BCUT2D eigenvalue weighted by Crippen LogP contribution is 2.39. The number of aromatic nitrogens is 1. The second-order valence-corrected chi connectivity index (χ2v) is 10.7. The molecule has 0 aromatic carbocycles. The summed E-state index contributed by atoms with van der Waals surface area (Å²) in [6.45, 7) is 6.41. The van der Waals surface area contributed by atoms with E-state index < -0.39 is 8.07 Å². The number of hydrogen-bond donors (Lipinski definition) is 0. The summed E-state index contributed by atoms with van der Waals surface area (Å²) in [6.07, 6.45) is 4.69. The molecule has 0 radical (unpaired) electrons. The van der Waals surface area contributed by atoms with E-state index in [4.69, 9.17) is 0 Å². The van der Waals surface area contributed by atoms with Crippen molar-refractivity contribution in [3.63, 3.8) is 0 Å². The number of rotatable bonds is 3. The summed E-state index contributed by atoms with van der Waals surface area (Å²) in [5, 5.41) is 0. The summed E-state index contributed by atoms with van der Waals surface area (Å²) in [7, 11) is -1.46. The van der Waals surface area contributed by atoms with Gasteiger partial charge in [-0.1, -0.05) is 19.6 Å². The zero-order chi connectivity index (χ0) is 13.2. The van der Waals surface area contributed by atoms with Crippen LogP contribution in [0.1, 0.15) is 30.0 Å². The topological polar surface area (TPSA) is 30.0 Å². The number of hydrogen-bond acceptors (Lipinski definition) is 2. The van der Waals surface area contributed by atoms with E-state index in [9.17, 15) is 4.79 Å². The van der Waals surface area contributed by atoms with E-state index in [0.29, 0.717) is 12.3 Å². The molecule has 1 heterocycles. The van der Waals surface area contributed by atoms with Gasteiger partial charge in [-0.25, -0.2) is 0 Å². The molecule has 0 saturated heterocycles. The monoisotopic (exact) mass is 257 g/mol. The summed E-state index contributed by atoms with van der Waals surface area (Å²) in [6, 6.07) is 4.12. The molecule has 2 nitrogen and oxygen atoms in total. The quantitative estimate of drug-likeness (QED) is 0.615. The number of pyridine rings is 1. The van der Waals surface area contributed by atoms with Gasteiger partial charge < -0.3 is 0 Å². The van der Waals surface area contributed by atoms with Crippen LogP contribution >= 0.6 is 0 Å². The molecule has 1 saturated carbocycles. The SMILES string of the molecule is C[Si](C)(C)C#CC(=O)Cc1cc(C2CC2)ccn1. The zero-order valence-electron chi connectivity index (χ0n) is 11.3. The molecule has 1 fully saturated rings. The third-order valence-electron chi connectivity index (χ3n) is 2.81. The molecule has 0 unspecified atom stereocenters. The fraction of sp³-hybridized carbons (Fsp3) is 0.467. The predicted molar refractivity (Wildman–Crippen MR) is 76.0 cm³/mol. The number of carbonyl (C=O) groups excluding carboxylic acids is 1. The average molecular weight is 257 g/mol. The smallest absolute Gasteiger partial charge is 0.210 e. The first-order valence-electron chi connectivity index (χ1n) is 6.45. The Hall–Kier alpha value is -1.40. The van der Waals surface area contributed by atoms with Crippen LogP contribution in [0, 0.1) is 11.5 Å². The maximum atomic E-state index is 11.8. The summed E-state index contributed by atoms with van der Waals surface area (Å²) >= 11 is 0. The lowest BCUT2D eigenvalue weighted by atomic mass is 10.1. The molecule has 0 bridgehead atoms. The third kappa shape index (κ3) is 4.12. The van der Waals surface area contributed by atoms with Gasteiger partial charge in [-0.05, 0) is 42.4 Å². The van der Waals surface area contributed by atoms with Gasteiger partial charge in [0, 0.05) is 11.9 Å². The summed E-state index contributed by atoms with van der Waals surface area (Å²) in [5.41, 5.74) is 5.28. The molecule has 1 aromatic heterocycles. The molecular formula is C15H19NOSi. The first-order chi connectivity index (χ1) is 8.44. The Labute approximate surface area is 110 Å². The van der Waals surface area contributed by atoms with E-state index in [-0.39, 0.29) is 5.78 Å². The molecule has 1 aliphatic rings. The van der Waals surface area contributed by atoms with Crippen LogP contribution in [-0.4, -0.2) is 18.8 Å². The van der Waals surface area contributed by atoms with Crippen molar-refractivity contribution in [2.45, 2.75) is 44.8 Å². The molecule has 18 heavy (non-hydrogen) atoms. The molecule has 3 heteroatoms. The zero-order valence-corrected chi connectivity index (χ0v) is 12.3. The van der Waals surface area contributed by atoms with Crippen LogP contribution in [0.4, 0.5) is 0 Å². The lowest BCUT2D eigenvalue weighted by Crippen LogP contribution is -2.17. The minimum Gasteiger partial charge on any atom is -0.284 e. The second kappa shape index (κ2) is 5.07. The second-order valence-electron chi connectivity index (χ2n) is 5.95. The predicted octanol–water partition coefficient (Wildman–Crippen LogP) is 2.95. The Balaban J connectivity index is 2.02. The average Bonchev–Trinajstić information content (AvgIpc) is 3.10. The van der Waals surface area contributed by atoms with Gasteiger partial charge in [0.1, 0.15) is 8.07 Å². The normalized spacial score (nSPS) is 14.8. The Morgan fingerprint density at radius 1 is 1.44 bits per heavy atom. The molecule has 0 N–H and O–H groups in total. The lowest BCUT2D eigenvalue weighted by Gasteiger charge is -2.03.